The maximum Gasteiger partial charge on any atom is 0.242 e. The Kier molecular flexibility index (Phi) is 3.80. The molecule has 0 aliphatic carbocycles. The second kappa shape index (κ2) is 5.52. The number of phenolic OH excluding ortho intramolecular Hbond substituents is 1. The summed E-state index contributed by atoms with van der Waals surface area (Å²) in [6.07, 6.45) is 1.47. The molecule has 0 spiro atoms. The fraction of sp³-hybridized carbons (Fsp3) is 0.200. The first-order valence-corrected chi connectivity index (χ1v) is 6.13. The number of benzene rings is 2. The van der Waals surface area contributed by atoms with Gasteiger partial charge in [0, 0.05) is 11.5 Å². The number of carbonyl (C=O) groups excluding carboxylic acids is 1. The SMILES string of the molecule is CC(C)C(=O)N/N=C\c1c(O)ccc2ccccc12. The predicted octanol–water partition coefficient (Wildman–Crippen LogP) is 2.65. The summed E-state index contributed by atoms with van der Waals surface area (Å²) in [5.74, 6) is -0.143. The number of rotatable bonds is 3. The van der Waals surface area contributed by atoms with E-state index in [1.807, 2.05) is 30.3 Å². The minimum Gasteiger partial charge on any atom is -0.507 e. The Morgan fingerprint density at radius 1 is 1.26 bits per heavy atom. The van der Waals surface area contributed by atoms with Crippen LogP contribution in [0.4, 0.5) is 0 Å². The minimum atomic E-state index is -0.157. The second-order valence-electron chi connectivity index (χ2n) is 4.61. The molecule has 0 aliphatic heterocycles. The number of carbonyl (C=O) groups is 1. The molecule has 0 atom stereocenters. The number of fused-ring (bicyclic) bond motifs is 1. The molecule has 0 heterocycles. The van der Waals surface area contributed by atoms with Gasteiger partial charge in [-0.15, -0.1) is 0 Å². The molecule has 0 saturated heterocycles. The van der Waals surface area contributed by atoms with E-state index in [4.69, 9.17) is 0 Å². The molecule has 0 aliphatic rings. The highest BCUT2D eigenvalue weighted by molar-refractivity contribution is 6.02. The standard InChI is InChI=1S/C15H16N2O2/c1-10(2)15(19)17-16-9-13-12-6-4-3-5-11(12)7-8-14(13)18/h3-10,18H,1-2H3,(H,17,19)/b16-9-. The highest BCUT2D eigenvalue weighted by Gasteiger charge is 2.06. The average molecular weight is 256 g/mol. The molecule has 0 radical (unpaired) electrons. The topological polar surface area (TPSA) is 61.7 Å². The fourth-order valence-electron chi connectivity index (χ4n) is 1.71. The zero-order valence-corrected chi connectivity index (χ0v) is 10.9. The maximum atomic E-state index is 11.4. The van der Waals surface area contributed by atoms with Gasteiger partial charge in [-0.1, -0.05) is 44.2 Å². The quantitative estimate of drug-likeness (QED) is 0.655. The van der Waals surface area contributed by atoms with Crippen molar-refractivity contribution in [2.75, 3.05) is 0 Å². The minimum absolute atomic E-state index is 0.127. The number of phenols is 1. The van der Waals surface area contributed by atoms with Gasteiger partial charge in [-0.3, -0.25) is 4.79 Å². The lowest BCUT2D eigenvalue weighted by atomic mass is 10.0. The number of nitrogens with zero attached hydrogens (tertiary/aromatic N) is 1. The summed E-state index contributed by atoms with van der Waals surface area (Å²) in [5.41, 5.74) is 3.04. The Labute approximate surface area is 111 Å². The molecule has 0 saturated carbocycles. The van der Waals surface area contributed by atoms with Gasteiger partial charge >= 0.3 is 0 Å². The van der Waals surface area contributed by atoms with E-state index < -0.39 is 0 Å². The van der Waals surface area contributed by atoms with Crippen molar-refractivity contribution in [2.45, 2.75) is 13.8 Å². The predicted molar refractivity (Wildman–Crippen MR) is 76.2 cm³/mol. The van der Waals surface area contributed by atoms with Gasteiger partial charge in [-0.25, -0.2) is 5.43 Å². The van der Waals surface area contributed by atoms with Gasteiger partial charge in [0.1, 0.15) is 5.75 Å². The smallest absolute Gasteiger partial charge is 0.242 e. The lowest BCUT2D eigenvalue weighted by Gasteiger charge is -2.05. The first kappa shape index (κ1) is 13.1. The van der Waals surface area contributed by atoms with Gasteiger partial charge in [0.25, 0.3) is 0 Å². The molecule has 19 heavy (non-hydrogen) atoms. The van der Waals surface area contributed by atoms with Crippen molar-refractivity contribution < 1.29 is 9.90 Å². The number of nitrogens with one attached hydrogen (secondary N) is 1. The molecule has 1 amide bonds. The van der Waals surface area contributed by atoms with Gasteiger partial charge in [0.2, 0.25) is 5.91 Å². The van der Waals surface area contributed by atoms with E-state index >= 15 is 0 Å². The van der Waals surface area contributed by atoms with Gasteiger partial charge in [-0.2, -0.15) is 5.10 Å². The summed E-state index contributed by atoms with van der Waals surface area (Å²) >= 11 is 0. The van der Waals surface area contributed by atoms with Gasteiger partial charge in [0.05, 0.1) is 6.21 Å². The zero-order chi connectivity index (χ0) is 13.8. The Morgan fingerprint density at radius 3 is 2.74 bits per heavy atom. The molecule has 2 rings (SSSR count). The van der Waals surface area contributed by atoms with Crippen LogP contribution in [0.1, 0.15) is 19.4 Å². The lowest BCUT2D eigenvalue weighted by Crippen LogP contribution is -2.22. The van der Waals surface area contributed by atoms with E-state index in [-0.39, 0.29) is 17.6 Å². The molecule has 0 aromatic heterocycles. The van der Waals surface area contributed by atoms with E-state index in [1.165, 1.54) is 6.21 Å². The van der Waals surface area contributed by atoms with Crippen LogP contribution in [-0.2, 0) is 4.79 Å². The molecule has 0 unspecified atom stereocenters. The molecule has 4 nitrogen and oxygen atoms in total. The highest BCUT2D eigenvalue weighted by Crippen LogP contribution is 2.25. The van der Waals surface area contributed by atoms with Gasteiger partial charge in [0.15, 0.2) is 0 Å². The van der Waals surface area contributed by atoms with Crippen LogP contribution in [0.25, 0.3) is 10.8 Å². The lowest BCUT2D eigenvalue weighted by molar-refractivity contribution is -0.123. The van der Waals surface area contributed by atoms with Crippen molar-refractivity contribution in [3.05, 3.63) is 42.0 Å². The molecule has 2 N–H and O–H groups in total. The number of hydrogen-bond acceptors (Lipinski definition) is 3. The number of hydrazone groups is 1. The van der Waals surface area contributed by atoms with Crippen LogP contribution in [0.2, 0.25) is 0 Å². The molecule has 2 aromatic rings. The second-order valence-corrected chi connectivity index (χ2v) is 4.61. The first-order chi connectivity index (χ1) is 9.09. The molecular weight excluding hydrogens is 240 g/mol. The van der Waals surface area contributed by atoms with Crippen molar-refractivity contribution in [1.29, 1.82) is 0 Å². The normalized spacial score (nSPS) is 11.3. The van der Waals surface area contributed by atoms with Crippen LogP contribution in [0.3, 0.4) is 0 Å². The summed E-state index contributed by atoms with van der Waals surface area (Å²) < 4.78 is 0. The molecule has 4 heteroatoms. The molecule has 2 aromatic carbocycles. The summed E-state index contributed by atoms with van der Waals surface area (Å²) in [5, 5.41) is 15.7. The van der Waals surface area contributed by atoms with E-state index in [1.54, 1.807) is 19.9 Å². The van der Waals surface area contributed by atoms with E-state index in [9.17, 15) is 9.90 Å². The molecule has 0 fully saturated rings. The Hall–Kier alpha value is -2.36. The highest BCUT2D eigenvalue weighted by atomic mass is 16.3. The van der Waals surface area contributed by atoms with Crippen molar-refractivity contribution in [3.8, 4) is 5.75 Å². The fourth-order valence-corrected chi connectivity index (χ4v) is 1.71. The third kappa shape index (κ3) is 2.91. The summed E-state index contributed by atoms with van der Waals surface area (Å²) in [6, 6.07) is 11.1. The van der Waals surface area contributed by atoms with Crippen molar-refractivity contribution >= 4 is 22.9 Å². The van der Waals surface area contributed by atoms with E-state index in [2.05, 4.69) is 10.5 Å². The summed E-state index contributed by atoms with van der Waals surface area (Å²) in [6.45, 7) is 3.58. The van der Waals surface area contributed by atoms with E-state index in [0.717, 1.165) is 10.8 Å². The Balaban J connectivity index is 2.32. The van der Waals surface area contributed by atoms with Crippen molar-refractivity contribution in [3.63, 3.8) is 0 Å². The molecule has 98 valence electrons. The summed E-state index contributed by atoms with van der Waals surface area (Å²) in [4.78, 5) is 11.4. The van der Waals surface area contributed by atoms with Crippen molar-refractivity contribution in [1.82, 2.24) is 5.43 Å². The Morgan fingerprint density at radius 2 is 2.00 bits per heavy atom. The van der Waals surface area contributed by atoms with Crippen molar-refractivity contribution in [2.24, 2.45) is 11.0 Å². The number of hydrogen-bond donors (Lipinski definition) is 2. The van der Waals surface area contributed by atoms with Crippen LogP contribution in [0, 0.1) is 5.92 Å². The monoisotopic (exact) mass is 256 g/mol. The van der Waals surface area contributed by atoms with E-state index in [0.29, 0.717) is 5.56 Å². The molecule has 0 bridgehead atoms. The van der Waals surface area contributed by atoms with Gasteiger partial charge in [-0.05, 0) is 16.8 Å². The molecular formula is C15H16N2O2. The van der Waals surface area contributed by atoms with Crippen LogP contribution >= 0.6 is 0 Å². The third-order valence-electron chi connectivity index (χ3n) is 2.84. The zero-order valence-electron chi connectivity index (χ0n) is 10.9. The van der Waals surface area contributed by atoms with Gasteiger partial charge < -0.3 is 5.11 Å². The van der Waals surface area contributed by atoms with Crippen LogP contribution in [0.15, 0.2) is 41.5 Å². The van der Waals surface area contributed by atoms with Crippen LogP contribution < -0.4 is 5.43 Å². The maximum absolute atomic E-state index is 11.4. The first-order valence-electron chi connectivity index (χ1n) is 6.13. The number of aromatic hydroxyl groups is 1. The summed E-state index contributed by atoms with van der Waals surface area (Å²) in [7, 11) is 0. The Bertz CT molecular complexity index is 633. The van der Waals surface area contributed by atoms with Crippen LogP contribution in [0.5, 0.6) is 5.75 Å². The van der Waals surface area contributed by atoms with Crippen LogP contribution in [-0.4, -0.2) is 17.2 Å². The average Bonchev–Trinajstić information content (AvgIpc) is 2.41. The number of amides is 1. The third-order valence-corrected chi connectivity index (χ3v) is 2.84. The largest absolute Gasteiger partial charge is 0.507 e.